The van der Waals surface area contributed by atoms with Crippen molar-refractivity contribution < 1.29 is 15.0 Å². The lowest BCUT2D eigenvalue weighted by molar-refractivity contribution is -0.146. The third-order valence-corrected chi connectivity index (χ3v) is 3.88. The molecule has 0 aliphatic carbocycles. The van der Waals surface area contributed by atoms with Gasteiger partial charge in [0.25, 0.3) is 0 Å². The van der Waals surface area contributed by atoms with Gasteiger partial charge in [0.2, 0.25) is 0 Å². The quantitative estimate of drug-likeness (QED) is 0.879. The third kappa shape index (κ3) is 2.53. The molecule has 0 amide bonds. The van der Waals surface area contributed by atoms with Crippen molar-refractivity contribution in [2.75, 3.05) is 18.5 Å². The van der Waals surface area contributed by atoms with E-state index in [1.165, 1.54) is 0 Å². The zero-order chi connectivity index (χ0) is 14.2. The van der Waals surface area contributed by atoms with E-state index in [1.54, 1.807) is 13.8 Å². The number of carboxylic acid groups (broad SMARTS) is 1. The van der Waals surface area contributed by atoms with Gasteiger partial charge in [-0.3, -0.25) is 4.79 Å². The van der Waals surface area contributed by atoms with Crippen LogP contribution in [0.4, 0.5) is 5.69 Å². The second-order valence-corrected chi connectivity index (χ2v) is 5.96. The van der Waals surface area contributed by atoms with E-state index >= 15 is 0 Å². The zero-order valence-corrected chi connectivity index (χ0v) is 11.7. The molecule has 1 aromatic carbocycles. The van der Waals surface area contributed by atoms with Crippen LogP contribution >= 0.6 is 0 Å². The van der Waals surface area contributed by atoms with Crippen molar-refractivity contribution in [2.45, 2.75) is 33.1 Å². The maximum atomic E-state index is 11.2. The van der Waals surface area contributed by atoms with E-state index in [2.05, 4.69) is 4.90 Å². The molecule has 4 nitrogen and oxygen atoms in total. The molecule has 0 aromatic heterocycles. The standard InChI is InChI=1S/C15H21NO3/c1-15(2,14(18)19)9-10-6-7-12-11(13(10)17)5-4-8-16(12)3/h6-7,17H,4-5,8-9H2,1-3H3,(H,18,19). The van der Waals surface area contributed by atoms with Crippen LogP contribution in [0.2, 0.25) is 0 Å². The van der Waals surface area contributed by atoms with Crippen molar-refractivity contribution >= 4 is 11.7 Å². The van der Waals surface area contributed by atoms with Crippen molar-refractivity contribution in [1.29, 1.82) is 0 Å². The van der Waals surface area contributed by atoms with Crippen LogP contribution in [-0.4, -0.2) is 29.8 Å². The summed E-state index contributed by atoms with van der Waals surface area (Å²) in [6, 6.07) is 3.84. The normalized spacial score (nSPS) is 15.2. The van der Waals surface area contributed by atoms with Gasteiger partial charge in [-0.15, -0.1) is 0 Å². The molecule has 2 rings (SSSR count). The topological polar surface area (TPSA) is 60.8 Å². The molecular formula is C15H21NO3. The minimum atomic E-state index is -0.869. The van der Waals surface area contributed by atoms with E-state index in [-0.39, 0.29) is 5.75 Å². The highest BCUT2D eigenvalue weighted by Gasteiger charge is 2.29. The maximum Gasteiger partial charge on any atom is 0.309 e. The number of benzene rings is 1. The van der Waals surface area contributed by atoms with Crippen LogP contribution in [0.3, 0.4) is 0 Å². The maximum absolute atomic E-state index is 11.2. The summed E-state index contributed by atoms with van der Waals surface area (Å²) < 4.78 is 0. The number of fused-ring (bicyclic) bond motifs is 1. The molecule has 0 fully saturated rings. The Morgan fingerprint density at radius 2 is 2.11 bits per heavy atom. The molecule has 19 heavy (non-hydrogen) atoms. The smallest absolute Gasteiger partial charge is 0.309 e. The fraction of sp³-hybridized carbons (Fsp3) is 0.533. The molecule has 2 N–H and O–H groups in total. The number of nitrogens with zero attached hydrogens (tertiary/aromatic N) is 1. The summed E-state index contributed by atoms with van der Waals surface area (Å²) in [7, 11) is 2.01. The van der Waals surface area contributed by atoms with Crippen molar-refractivity contribution in [3.8, 4) is 5.75 Å². The Morgan fingerprint density at radius 3 is 2.74 bits per heavy atom. The average Bonchev–Trinajstić information content (AvgIpc) is 2.33. The predicted molar refractivity (Wildman–Crippen MR) is 74.8 cm³/mol. The van der Waals surface area contributed by atoms with E-state index in [1.807, 2.05) is 19.2 Å². The van der Waals surface area contributed by atoms with E-state index in [9.17, 15) is 15.0 Å². The predicted octanol–water partition coefficient (Wildman–Crippen LogP) is 2.43. The molecule has 0 unspecified atom stereocenters. The number of phenolic OH excluding ortho intramolecular Hbond substituents is 1. The van der Waals surface area contributed by atoms with Crippen LogP contribution < -0.4 is 4.90 Å². The fourth-order valence-electron chi connectivity index (χ4n) is 2.59. The van der Waals surface area contributed by atoms with Gasteiger partial charge in [0.1, 0.15) is 5.75 Å². The number of aromatic hydroxyl groups is 1. The first-order chi connectivity index (χ1) is 8.83. The van der Waals surface area contributed by atoms with Crippen LogP contribution in [0.1, 0.15) is 31.4 Å². The van der Waals surface area contributed by atoms with Gasteiger partial charge in [0.15, 0.2) is 0 Å². The van der Waals surface area contributed by atoms with Crippen LogP contribution in [0.25, 0.3) is 0 Å². The summed E-state index contributed by atoms with van der Waals surface area (Å²) in [4.78, 5) is 13.3. The summed E-state index contributed by atoms with van der Waals surface area (Å²) in [6.07, 6.45) is 2.21. The first-order valence-corrected chi connectivity index (χ1v) is 6.61. The molecule has 0 spiro atoms. The average molecular weight is 263 g/mol. The number of aliphatic carboxylic acids is 1. The number of hydrogen-bond acceptors (Lipinski definition) is 3. The highest BCUT2D eigenvalue weighted by Crippen LogP contribution is 2.37. The number of anilines is 1. The summed E-state index contributed by atoms with van der Waals surface area (Å²) in [5, 5.41) is 19.6. The molecule has 1 heterocycles. The Morgan fingerprint density at radius 1 is 1.42 bits per heavy atom. The molecule has 0 radical (unpaired) electrons. The van der Waals surface area contributed by atoms with E-state index in [0.717, 1.165) is 36.2 Å². The zero-order valence-electron chi connectivity index (χ0n) is 11.7. The minimum Gasteiger partial charge on any atom is -0.507 e. The van der Waals surface area contributed by atoms with Crippen molar-refractivity contribution in [3.05, 3.63) is 23.3 Å². The van der Waals surface area contributed by atoms with Gasteiger partial charge in [-0.1, -0.05) is 6.07 Å². The molecule has 0 bridgehead atoms. The largest absolute Gasteiger partial charge is 0.507 e. The second-order valence-electron chi connectivity index (χ2n) is 5.96. The second kappa shape index (κ2) is 4.76. The van der Waals surface area contributed by atoms with Crippen LogP contribution in [0.15, 0.2) is 12.1 Å². The summed E-state index contributed by atoms with van der Waals surface area (Å²) >= 11 is 0. The summed E-state index contributed by atoms with van der Waals surface area (Å²) in [5.74, 6) is -0.569. The number of rotatable bonds is 3. The molecular weight excluding hydrogens is 242 g/mol. The number of phenols is 1. The van der Waals surface area contributed by atoms with Gasteiger partial charge in [-0.2, -0.15) is 0 Å². The lowest BCUT2D eigenvalue weighted by Crippen LogP contribution is -2.27. The first-order valence-electron chi connectivity index (χ1n) is 6.61. The van der Waals surface area contributed by atoms with Crippen LogP contribution in [-0.2, 0) is 17.6 Å². The molecule has 0 saturated heterocycles. The van der Waals surface area contributed by atoms with Gasteiger partial charge in [0, 0.05) is 24.8 Å². The van der Waals surface area contributed by atoms with E-state index in [4.69, 9.17) is 0 Å². The summed E-state index contributed by atoms with van der Waals surface area (Å²) in [6.45, 7) is 4.35. The van der Waals surface area contributed by atoms with Crippen molar-refractivity contribution in [2.24, 2.45) is 5.41 Å². The Hall–Kier alpha value is -1.71. The lowest BCUT2D eigenvalue weighted by Gasteiger charge is -2.29. The molecule has 0 atom stereocenters. The van der Waals surface area contributed by atoms with E-state index < -0.39 is 11.4 Å². The van der Waals surface area contributed by atoms with Gasteiger partial charge < -0.3 is 15.1 Å². The Labute approximate surface area is 113 Å². The highest BCUT2D eigenvalue weighted by atomic mass is 16.4. The van der Waals surface area contributed by atoms with Crippen LogP contribution in [0.5, 0.6) is 5.75 Å². The molecule has 1 aliphatic rings. The number of carboxylic acids is 1. The van der Waals surface area contributed by atoms with Crippen LogP contribution in [0, 0.1) is 5.41 Å². The Balaban J connectivity index is 2.37. The monoisotopic (exact) mass is 263 g/mol. The minimum absolute atomic E-state index is 0.276. The van der Waals surface area contributed by atoms with Gasteiger partial charge in [0.05, 0.1) is 5.41 Å². The number of hydrogen-bond donors (Lipinski definition) is 2. The molecule has 104 valence electrons. The molecule has 1 aromatic rings. The molecule has 1 aliphatic heterocycles. The van der Waals surface area contributed by atoms with Gasteiger partial charge in [-0.25, -0.2) is 0 Å². The first kappa shape index (κ1) is 13.7. The Bertz CT molecular complexity index is 508. The third-order valence-electron chi connectivity index (χ3n) is 3.88. The van der Waals surface area contributed by atoms with Crippen molar-refractivity contribution in [3.63, 3.8) is 0 Å². The summed E-state index contributed by atoms with van der Waals surface area (Å²) in [5.41, 5.74) is 1.86. The van der Waals surface area contributed by atoms with Gasteiger partial charge in [-0.05, 0) is 44.7 Å². The van der Waals surface area contributed by atoms with Gasteiger partial charge >= 0.3 is 5.97 Å². The molecule has 4 heteroatoms. The Kier molecular flexibility index (Phi) is 3.43. The lowest BCUT2D eigenvalue weighted by atomic mass is 9.84. The highest BCUT2D eigenvalue weighted by molar-refractivity contribution is 5.74. The number of carbonyl (C=O) groups is 1. The molecule has 0 saturated carbocycles. The van der Waals surface area contributed by atoms with Crippen molar-refractivity contribution in [1.82, 2.24) is 0 Å². The fourth-order valence-corrected chi connectivity index (χ4v) is 2.59. The van der Waals surface area contributed by atoms with E-state index in [0.29, 0.717) is 6.42 Å². The SMILES string of the molecule is CN1CCCc2c1ccc(CC(C)(C)C(=O)O)c2O.